The molecule has 0 radical (unpaired) electrons. The lowest BCUT2D eigenvalue weighted by molar-refractivity contribution is -0.166. The van der Waals surface area contributed by atoms with Gasteiger partial charge in [0, 0.05) is 20.8 Å². The van der Waals surface area contributed by atoms with Crippen LogP contribution in [0.5, 0.6) is 0 Å². The number of benzene rings is 1. The Morgan fingerprint density at radius 1 is 0.949 bits per heavy atom. The second kappa shape index (κ2) is 10.0. The van der Waals surface area contributed by atoms with E-state index in [1.807, 2.05) is 0 Å². The van der Waals surface area contributed by atoms with Crippen molar-refractivity contribution in [3.63, 3.8) is 0 Å². The molecule has 14 nitrogen and oxygen atoms in total. The fourth-order valence-electron chi connectivity index (χ4n) is 4.45. The highest BCUT2D eigenvalue weighted by Gasteiger charge is 2.51. The van der Waals surface area contributed by atoms with Gasteiger partial charge in [0.2, 0.25) is 5.95 Å². The third-order valence-electron chi connectivity index (χ3n) is 5.98. The zero-order valence-electron chi connectivity index (χ0n) is 20.7. The van der Waals surface area contributed by atoms with Crippen LogP contribution in [0.1, 0.15) is 47.7 Å². The lowest BCUT2D eigenvalue weighted by Crippen LogP contribution is -2.40. The Bertz CT molecular complexity index is 1500. The van der Waals surface area contributed by atoms with Crippen LogP contribution in [-0.2, 0) is 33.3 Å². The van der Waals surface area contributed by atoms with Gasteiger partial charge in [0.1, 0.15) is 18.2 Å². The number of hydrogen-bond acceptors (Lipinski definition) is 12. The monoisotopic (exact) mass is 558 g/mol. The highest BCUT2D eigenvalue weighted by Crippen LogP contribution is 2.37. The molecule has 5 rings (SSSR count). The average molecular weight is 559 g/mol. The number of halogens is 1. The molecular formula is C24H20ClN5O9. The Balaban J connectivity index is 1.58. The van der Waals surface area contributed by atoms with E-state index in [9.17, 15) is 24.0 Å². The molecule has 2 amide bonds. The maximum absolute atomic E-state index is 13.0. The minimum absolute atomic E-state index is 0.0263. The number of nitrogens with zero attached hydrogens (tertiary/aromatic N) is 5. The van der Waals surface area contributed by atoms with Crippen molar-refractivity contribution in [3.8, 4) is 0 Å². The van der Waals surface area contributed by atoms with Gasteiger partial charge in [-0.3, -0.25) is 28.5 Å². The van der Waals surface area contributed by atoms with Crippen LogP contribution in [0.4, 0.5) is 5.95 Å². The van der Waals surface area contributed by atoms with Gasteiger partial charge in [0.05, 0.1) is 17.5 Å². The van der Waals surface area contributed by atoms with Crippen LogP contribution in [-0.4, -0.2) is 74.2 Å². The van der Waals surface area contributed by atoms with Crippen LogP contribution >= 0.6 is 11.6 Å². The van der Waals surface area contributed by atoms with Gasteiger partial charge in [0.15, 0.2) is 29.2 Å². The fourth-order valence-corrected chi connectivity index (χ4v) is 4.65. The van der Waals surface area contributed by atoms with Gasteiger partial charge in [-0.2, -0.15) is 9.97 Å². The second-order valence-electron chi connectivity index (χ2n) is 8.65. The molecule has 1 fully saturated rings. The summed E-state index contributed by atoms with van der Waals surface area (Å²) in [6, 6.07) is 6.26. The van der Waals surface area contributed by atoms with Gasteiger partial charge < -0.3 is 18.9 Å². The summed E-state index contributed by atoms with van der Waals surface area (Å²) >= 11 is 6.37. The molecule has 0 aliphatic carbocycles. The first-order valence-corrected chi connectivity index (χ1v) is 12.0. The van der Waals surface area contributed by atoms with E-state index in [0.29, 0.717) is 0 Å². The number of rotatable bonds is 6. The first-order chi connectivity index (χ1) is 18.6. The molecule has 0 bridgehead atoms. The number of fused-ring (bicyclic) bond motifs is 2. The number of imidazole rings is 1. The van der Waals surface area contributed by atoms with Crippen LogP contribution in [0, 0.1) is 0 Å². The summed E-state index contributed by atoms with van der Waals surface area (Å²) in [5.74, 6) is -3.58. The van der Waals surface area contributed by atoms with E-state index in [1.54, 1.807) is 12.1 Å². The number of carbonyl (C=O) groups excluding carboxylic acids is 5. The molecular weight excluding hydrogens is 539 g/mol. The lowest BCUT2D eigenvalue weighted by Gasteiger charge is -2.23. The van der Waals surface area contributed by atoms with E-state index in [4.69, 9.17) is 30.5 Å². The molecule has 2 aliphatic heterocycles. The van der Waals surface area contributed by atoms with Crippen molar-refractivity contribution in [2.24, 2.45) is 0 Å². The van der Waals surface area contributed by atoms with E-state index in [0.717, 1.165) is 18.7 Å². The van der Waals surface area contributed by atoms with E-state index in [-0.39, 0.29) is 40.0 Å². The Labute approximate surface area is 224 Å². The summed E-state index contributed by atoms with van der Waals surface area (Å²) < 4.78 is 23.3. The number of imide groups is 1. The summed E-state index contributed by atoms with van der Waals surface area (Å²) in [7, 11) is 0. The van der Waals surface area contributed by atoms with E-state index < -0.39 is 54.3 Å². The van der Waals surface area contributed by atoms with Crippen LogP contribution in [0.25, 0.3) is 11.2 Å². The smallest absolute Gasteiger partial charge is 0.303 e. The lowest BCUT2D eigenvalue weighted by atomic mass is 10.1. The fraction of sp³-hybridized carbons (Fsp3) is 0.333. The van der Waals surface area contributed by atoms with Crippen molar-refractivity contribution in [2.75, 3.05) is 11.5 Å². The first-order valence-electron chi connectivity index (χ1n) is 11.6. The number of hydrogen-bond donors (Lipinski definition) is 0. The van der Waals surface area contributed by atoms with E-state index >= 15 is 0 Å². The third-order valence-corrected chi connectivity index (χ3v) is 6.24. The highest BCUT2D eigenvalue weighted by molar-refractivity contribution is 6.35. The molecule has 1 aromatic carbocycles. The van der Waals surface area contributed by atoms with Gasteiger partial charge in [-0.1, -0.05) is 23.7 Å². The second-order valence-corrected chi connectivity index (χ2v) is 9.00. The van der Waals surface area contributed by atoms with E-state index in [1.165, 1.54) is 30.0 Å². The molecule has 2 aliphatic rings. The Kier molecular flexibility index (Phi) is 6.74. The predicted octanol–water partition coefficient (Wildman–Crippen LogP) is 1.60. The molecule has 2 aromatic heterocycles. The van der Waals surface area contributed by atoms with E-state index in [2.05, 4.69) is 15.0 Å². The summed E-state index contributed by atoms with van der Waals surface area (Å²) in [6.07, 6.45) is -3.33. The molecule has 0 saturated carbocycles. The van der Waals surface area contributed by atoms with Crippen molar-refractivity contribution >= 4 is 58.4 Å². The largest absolute Gasteiger partial charge is 0.463 e. The van der Waals surface area contributed by atoms with Gasteiger partial charge in [0.25, 0.3) is 11.8 Å². The summed E-state index contributed by atoms with van der Waals surface area (Å²) in [4.78, 5) is 74.8. The number of carbonyl (C=O) groups is 5. The van der Waals surface area contributed by atoms with Gasteiger partial charge in [-0.05, 0) is 12.1 Å². The SMILES string of the molecule is CC(=O)OC[C@H]1O[C@@H](n2cnc3c(Cl)nc([15N]4C(=O)c5ccccc5C4=O)nc32)[C@H](OC(C)=O)[C@@H]1OC(C)=O. The van der Waals surface area contributed by atoms with Gasteiger partial charge in [-0.25, -0.2) is 9.88 Å². The third kappa shape index (κ3) is 4.68. The van der Waals surface area contributed by atoms with Crippen LogP contribution in [0.3, 0.4) is 0 Å². The molecule has 4 heterocycles. The maximum Gasteiger partial charge on any atom is 0.303 e. The van der Waals surface area contributed by atoms with Gasteiger partial charge in [-0.15, -0.1) is 0 Å². The topological polar surface area (TPSA) is 169 Å². The molecule has 15 heteroatoms. The van der Waals surface area contributed by atoms with Crippen molar-refractivity contribution < 1.29 is 42.9 Å². The molecule has 0 spiro atoms. The van der Waals surface area contributed by atoms with Crippen LogP contribution in [0.15, 0.2) is 30.6 Å². The van der Waals surface area contributed by atoms with Crippen molar-refractivity contribution in [3.05, 3.63) is 46.9 Å². The van der Waals surface area contributed by atoms with Crippen molar-refractivity contribution in [1.82, 2.24) is 19.5 Å². The summed E-state index contributed by atoms with van der Waals surface area (Å²) in [5, 5.41) is -0.166. The molecule has 0 N–H and O–H groups in total. The molecule has 39 heavy (non-hydrogen) atoms. The maximum atomic E-state index is 13.0. The molecule has 0 unspecified atom stereocenters. The number of anilines is 1. The number of aromatic nitrogens is 4. The normalized spacial score (nSPS) is 22.2. The quantitative estimate of drug-likeness (QED) is 0.141. The standard InChI is InChI=1S/C24H20ClN5O9/c1-10(31)36-8-15-17(37-11(2)32)18(38-12(3)33)23(39-15)29-9-26-16-19(25)27-24(28-20(16)29)30-21(34)13-6-4-5-7-14(13)22(30)35/h4-7,9,15,17-18,23H,8H2,1-3H3/t15-,17-,18-,23-/m1/s1/i30+1. The van der Waals surface area contributed by atoms with Crippen molar-refractivity contribution in [2.45, 2.75) is 45.3 Å². The number of amides is 2. The Hall–Kier alpha value is -4.43. The molecule has 202 valence electrons. The first kappa shape index (κ1) is 26.2. The Morgan fingerprint density at radius 3 is 2.15 bits per heavy atom. The molecule has 3 aromatic rings. The minimum Gasteiger partial charge on any atom is -0.463 e. The molecule has 4 atom stereocenters. The summed E-state index contributed by atoms with van der Waals surface area (Å²) in [6.45, 7) is 3.20. The average Bonchev–Trinajstić information content (AvgIpc) is 3.51. The predicted molar refractivity (Wildman–Crippen MR) is 130 cm³/mol. The number of ether oxygens (including phenoxy) is 4. The zero-order valence-corrected chi connectivity index (χ0v) is 21.4. The van der Waals surface area contributed by atoms with Crippen molar-refractivity contribution in [1.29, 1.82) is 0 Å². The zero-order chi connectivity index (χ0) is 28.0. The highest BCUT2D eigenvalue weighted by atomic mass is 35.5. The molecule has 1 saturated heterocycles. The Morgan fingerprint density at radius 2 is 1.56 bits per heavy atom. The number of esters is 3. The van der Waals surface area contributed by atoms with Gasteiger partial charge >= 0.3 is 17.9 Å². The summed E-state index contributed by atoms with van der Waals surface area (Å²) in [5.41, 5.74) is 0.484. The minimum atomic E-state index is -1.22. The van der Waals surface area contributed by atoms with Crippen LogP contribution in [0.2, 0.25) is 5.15 Å². The van der Waals surface area contributed by atoms with Crippen LogP contribution < -0.4 is 4.90 Å².